The summed E-state index contributed by atoms with van der Waals surface area (Å²) in [6, 6.07) is 0. The fourth-order valence-electron chi connectivity index (χ4n) is 1.30. The van der Waals surface area contributed by atoms with Crippen molar-refractivity contribution in [2.45, 2.75) is 32.6 Å². The number of hydrogen-bond donors (Lipinski definition) is 1. The van der Waals surface area contributed by atoms with Gasteiger partial charge in [-0.1, -0.05) is 19.8 Å². The third kappa shape index (κ3) is 11.9. The van der Waals surface area contributed by atoms with Gasteiger partial charge in [-0.2, -0.15) is 0 Å². The van der Waals surface area contributed by atoms with Crippen LogP contribution in [0.5, 0.6) is 0 Å². The standard InChI is InChI=1S/C11H27N2/c1-5-6-7-9-12-10-8-11-13(2,3)4/h12H,5-11H2,1-4H3/q+1. The maximum absolute atomic E-state index is 3.48. The average molecular weight is 187 g/mol. The minimum atomic E-state index is 1.08. The molecule has 0 heterocycles. The Morgan fingerprint density at radius 3 is 2.08 bits per heavy atom. The summed E-state index contributed by atoms with van der Waals surface area (Å²) < 4.78 is 1.08. The van der Waals surface area contributed by atoms with E-state index in [1.807, 2.05) is 0 Å². The van der Waals surface area contributed by atoms with Crippen molar-refractivity contribution in [3.63, 3.8) is 0 Å². The molecule has 0 atom stereocenters. The molecule has 0 radical (unpaired) electrons. The Labute approximate surface area is 83.9 Å². The van der Waals surface area contributed by atoms with Gasteiger partial charge in [-0.15, -0.1) is 0 Å². The summed E-state index contributed by atoms with van der Waals surface area (Å²) in [7, 11) is 6.74. The highest BCUT2D eigenvalue weighted by atomic mass is 15.3. The van der Waals surface area contributed by atoms with Crippen LogP contribution in [0, 0.1) is 0 Å². The number of nitrogens with zero attached hydrogens (tertiary/aromatic N) is 1. The highest BCUT2D eigenvalue weighted by Crippen LogP contribution is 1.93. The fraction of sp³-hybridized carbons (Fsp3) is 1.00. The maximum atomic E-state index is 3.48. The van der Waals surface area contributed by atoms with E-state index in [4.69, 9.17) is 0 Å². The molecule has 0 aliphatic rings. The second-order valence-corrected chi connectivity index (χ2v) is 4.82. The van der Waals surface area contributed by atoms with Crippen LogP contribution in [0.3, 0.4) is 0 Å². The molecule has 2 heteroatoms. The fourth-order valence-corrected chi connectivity index (χ4v) is 1.30. The van der Waals surface area contributed by atoms with E-state index in [1.54, 1.807) is 0 Å². The van der Waals surface area contributed by atoms with E-state index in [2.05, 4.69) is 33.4 Å². The molecule has 0 bridgehead atoms. The summed E-state index contributed by atoms with van der Waals surface area (Å²) in [5.74, 6) is 0. The highest BCUT2D eigenvalue weighted by molar-refractivity contribution is 4.47. The lowest BCUT2D eigenvalue weighted by Crippen LogP contribution is -2.36. The van der Waals surface area contributed by atoms with Crippen LogP contribution in [-0.2, 0) is 0 Å². The highest BCUT2D eigenvalue weighted by Gasteiger charge is 2.04. The Balaban J connectivity index is 3.00. The second-order valence-electron chi connectivity index (χ2n) is 4.82. The molecule has 1 N–H and O–H groups in total. The van der Waals surface area contributed by atoms with Crippen molar-refractivity contribution in [1.82, 2.24) is 5.32 Å². The Hall–Kier alpha value is -0.0800. The number of hydrogen-bond acceptors (Lipinski definition) is 1. The first-order chi connectivity index (χ1) is 6.06. The zero-order chi connectivity index (χ0) is 10.2. The van der Waals surface area contributed by atoms with Gasteiger partial charge in [0.1, 0.15) is 0 Å². The molecular weight excluding hydrogens is 160 g/mol. The first kappa shape index (κ1) is 12.9. The molecule has 80 valence electrons. The molecule has 0 saturated heterocycles. The van der Waals surface area contributed by atoms with E-state index < -0.39 is 0 Å². The molecule has 0 fully saturated rings. The van der Waals surface area contributed by atoms with E-state index in [9.17, 15) is 0 Å². The predicted octanol–water partition coefficient (Wildman–Crippen LogP) is 1.86. The molecule has 0 aliphatic carbocycles. The minimum Gasteiger partial charge on any atom is -0.331 e. The molecular formula is C11H27N2+. The zero-order valence-electron chi connectivity index (χ0n) is 9.90. The molecule has 0 aliphatic heterocycles. The molecule has 2 nitrogen and oxygen atoms in total. The van der Waals surface area contributed by atoms with Gasteiger partial charge in [-0.05, 0) is 13.0 Å². The van der Waals surface area contributed by atoms with Gasteiger partial charge in [0.15, 0.2) is 0 Å². The Morgan fingerprint density at radius 1 is 0.923 bits per heavy atom. The largest absolute Gasteiger partial charge is 0.331 e. The van der Waals surface area contributed by atoms with E-state index >= 15 is 0 Å². The van der Waals surface area contributed by atoms with Gasteiger partial charge < -0.3 is 9.80 Å². The van der Waals surface area contributed by atoms with Gasteiger partial charge >= 0.3 is 0 Å². The predicted molar refractivity (Wildman–Crippen MR) is 59.9 cm³/mol. The van der Waals surface area contributed by atoms with Crippen molar-refractivity contribution in [2.24, 2.45) is 0 Å². The van der Waals surface area contributed by atoms with Crippen molar-refractivity contribution in [3.8, 4) is 0 Å². The first-order valence-electron chi connectivity index (χ1n) is 5.57. The molecule has 0 aromatic carbocycles. The average Bonchev–Trinajstić information content (AvgIpc) is 2.01. The molecule has 0 unspecified atom stereocenters. The van der Waals surface area contributed by atoms with Crippen LogP contribution in [0.25, 0.3) is 0 Å². The summed E-state index contributed by atoms with van der Waals surface area (Å²) in [5, 5.41) is 3.48. The summed E-state index contributed by atoms with van der Waals surface area (Å²) >= 11 is 0. The lowest BCUT2D eigenvalue weighted by molar-refractivity contribution is -0.870. The molecule has 0 rings (SSSR count). The molecule has 13 heavy (non-hydrogen) atoms. The van der Waals surface area contributed by atoms with Gasteiger partial charge in [0.05, 0.1) is 27.7 Å². The van der Waals surface area contributed by atoms with Crippen LogP contribution < -0.4 is 5.32 Å². The zero-order valence-corrected chi connectivity index (χ0v) is 9.90. The number of quaternary nitrogens is 1. The van der Waals surface area contributed by atoms with E-state index in [1.165, 1.54) is 45.3 Å². The third-order valence-corrected chi connectivity index (χ3v) is 2.14. The SMILES string of the molecule is CCCCCNCCC[N+](C)(C)C. The molecule has 0 aromatic heterocycles. The number of unbranched alkanes of at least 4 members (excludes halogenated alkanes) is 2. The number of nitrogens with one attached hydrogen (secondary N) is 1. The summed E-state index contributed by atoms with van der Waals surface area (Å²) in [6.45, 7) is 5.89. The van der Waals surface area contributed by atoms with Gasteiger partial charge in [0.25, 0.3) is 0 Å². The van der Waals surface area contributed by atoms with E-state index in [0.717, 1.165) is 4.48 Å². The molecule has 0 saturated carbocycles. The van der Waals surface area contributed by atoms with Crippen molar-refractivity contribution in [2.75, 3.05) is 40.8 Å². The van der Waals surface area contributed by atoms with Crippen LogP contribution in [0.4, 0.5) is 0 Å². The monoisotopic (exact) mass is 187 g/mol. The second kappa shape index (κ2) is 7.34. The van der Waals surface area contributed by atoms with Gasteiger partial charge in [-0.25, -0.2) is 0 Å². The van der Waals surface area contributed by atoms with Gasteiger partial charge in [0, 0.05) is 13.0 Å². The van der Waals surface area contributed by atoms with Crippen molar-refractivity contribution in [3.05, 3.63) is 0 Å². The summed E-state index contributed by atoms with van der Waals surface area (Å²) in [5.41, 5.74) is 0. The van der Waals surface area contributed by atoms with Crippen LogP contribution >= 0.6 is 0 Å². The topological polar surface area (TPSA) is 12.0 Å². The minimum absolute atomic E-state index is 1.08. The molecule has 0 aromatic rings. The molecule has 0 spiro atoms. The van der Waals surface area contributed by atoms with Crippen molar-refractivity contribution >= 4 is 0 Å². The Bertz CT molecular complexity index is 105. The van der Waals surface area contributed by atoms with Gasteiger partial charge in [-0.3, -0.25) is 0 Å². The first-order valence-corrected chi connectivity index (χ1v) is 5.57. The Morgan fingerprint density at radius 2 is 1.54 bits per heavy atom. The van der Waals surface area contributed by atoms with Crippen LogP contribution in [0.2, 0.25) is 0 Å². The lowest BCUT2D eigenvalue weighted by Gasteiger charge is -2.23. The van der Waals surface area contributed by atoms with Gasteiger partial charge in [0.2, 0.25) is 0 Å². The van der Waals surface area contributed by atoms with Crippen LogP contribution in [0.1, 0.15) is 32.6 Å². The van der Waals surface area contributed by atoms with Crippen molar-refractivity contribution in [1.29, 1.82) is 0 Å². The Kier molecular flexibility index (Phi) is 7.29. The van der Waals surface area contributed by atoms with Crippen molar-refractivity contribution < 1.29 is 4.48 Å². The third-order valence-electron chi connectivity index (χ3n) is 2.14. The molecule has 0 amide bonds. The lowest BCUT2D eigenvalue weighted by atomic mass is 10.2. The number of rotatable bonds is 8. The maximum Gasteiger partial charge on any atom is 0.0792 e. The van der Waals surface area contributed by atoms with Crippen LogP contribution in [-0.4, -0.2) is 45.3 Å². The summed E-state index contributed by atoms with van der Waals surface area (Å²) in [6.07, 6.45) is 5.30. The quantitative estimate of drug-likeness (QED) is 0.452. The smallest absolute Gasteiger partial charge is 0.0792 e. The summed E-state index contributed by atoms with van der Waals surface area (Å²) in [4.78, 5) is 0. The van der Waals surface area contributed by atoms with Crippen LogP contribution in [0.15, 0.2) is 0 Å². The van der Waals surface area contributed by atoms with E-state index in [0.29, 0.717) is 0 Å². The normalized spacial score (nSPS) is 12.0. The van der Waals surface area contributed by atoms with E-state index in [-0.39, 0.29) is 0 Å².